The number of nitrogens with one attached hydrogen (secondary N) is 2. The SMILES string of the molecule is CN1CC(c2n[nH]c3c(Cl)ccc(F)c23)=CCC1n1cc(C2=CCCNC2)c2ccc(F)nc21. The molecule has 2 aliphatic heterocycles. The fraction of sp³-hybridized carbons (Fsp3) is 0.280. The summed E-state index contributed by atoms with van der Waals surface area (Å²) in [5.74, 6) is -0.858. The van der Waals surface area contributed by atoms with Gasteiger partial charge in [-0.05, 0) is 55.4 Å². The number of benzene rings is 1. The fourth-order valence-electron chi connectivity index (χ4n) is 5.09. The molecule has 6 rings (SSSR count). The van der Waals surface area contributed by atoms with Crippen molar-refractivity contribution in [3.8, 4) is 0 Å². The van der Waals surface area contributed by atoms with Crippen molar-refractivity contribution in [3.63, 3.8) is 0 Å². The maximum Gasteiger partial charge on any atom is 0.214 e. The lowest BCUT2D eigenvalue weighted by molar-refractivity contribution is 0.196. The molecule has 5 heterocycles. The Morgan fingerprint density at radius 3 is 2.79 bits per heavy atom. The van der Waals surface area contributed by atoms with Crippen molar-refractivity contribution in [2.45, 2.75) is 19.0 Å². The van der Waals surface area contributed by atoms with E-state index in [0.717, 1.165) is 36.0 Å². The molecule has 9 heteroatoms. The third-order valence-corrected chi connectivity index (χ3v) is 7.08. The van der Waals surface area contributed by atoms with Crippen molar-refractivity contribution in [2.24, 2.45) is 0 Å². The summed E-state index contributed by atoms with van der Waals surface area (Å²) in [6.45, 7) is 2.29. The largest absolute Gasteiger partial charge is 0.315 e. The Balaban J connectivity index is 1.41. The molecule has 0 bridgehead atoms. The van der Waals surface area contributed by atoms with Crippen LogP contribution in [-0.4, -0.2) is 51.3 Å². The number of pyridine rings is 1. The van der Waals surface area contributed by atoms with Gasteiger partial charge in [0.15, 0.2) is 0 Å². The van der Waals surface area contributed by atoms with Crippen molar-refractivity contribution in [1.82, 2.24) is 30.0 Å². The number of hydrogen-bond acceptors (Lipinski definition) is 4. The molecule has 6 nitrogen and oxygen atoms in total. The maximum absolute atomic E-state index is 14.6. The zero-order valence-corrected chi connectivity index (χ0v) is 19.3. The third kappa shape index (κ3) is 3.45. The summed E-state index contributed by atoms with van der Waals surface area (Å²) in [4.78, 5) is 6.41. The number of rotatable bonds is 3. The first-order valence-corrected chi connectivity index (χ1v) is 11.7. The summed E-state index contributed by atoms with van der Waals surface area (Å²) in [5, 5.41) is 12.4. The molecule has 0 radical (unpaired) electrons. The highest BCUT2D eigenvalue weighted by molar-refractivity contribution is 6.35. The van der Waals surface area contributed by atoms with Gasteiger partial charge in [-0.3, -0.25) is 10.00 Å². The first-order chi connectivity index (χ1) is 16.5. The summed E-state index contributed by atoms with van der Waals surface area (Å²) >= 11 is 6.23. The van der Waals surface area contributed by atoms with Crippen LogP contribution < -0.4 is 5.32 Å². The summed E-state index contributed by atoms with van der Waals surface area (Å²) in [5.41, 5.74) is 4.89. The average Bonchev–Trinajstić information content (AvgIpc) is 3.45. The predicted molar refractivity (Wildman–Crippen MR) is 130 cm³/mol. The molecule has 174 valence electrons. The molecule has 0 saturated heterocycles. The molecular weight excluding hydrogens is 458 g/mol. The minimum Gasteiger partial charge on any atom is -0.315 e. The van der Waals surface area contributed by atoms with Crippen LogP contribution in [0.25, 0.3) is 33.1 Å². The molecule has 0 saturated carbocycles. The quantitative estimate of drug-likeness (QED) is 0.399. The van der Waals surface area contributed by atoms with Gasteiger partial charge in [-0.25, -0.2) is 9.37 Å². The van der Waals surface area contributed by atoms with Gasteiger partial charge in [0.05, 0.1) is 27.8 Å². The Kier molecular flexibility index (Phi) is 5.24. The number of halogens is 3. The number of aromatic amines is 1. The van der Waals surface area contributed by atoms with E-state index >= 15 is 0 Å². The van der Waals surface area contributed by atoms with Gasteiger partial charge in [-0.15, -0.1) is 0 Å². The van der Waals surface area contributed by atoms with Crippen molar-refractivity contribution >= 4 is 44.7 Å². The van der Waals surface area contributed by atoms with Gasteiger partial charge in [-0.2, -0.15) is 9.49 Å². The van der Waals surface area contributed by atoms with Crippen LogP contribution in [0.4, 0.5) is 8.78 Å². The molecule has 1 unspecified atom stereocenters. The Bertz CT molecular complexity index is 1480. The Morgan fingerprint density at radius 2 is 2.00 bits per heavy atom. The molecule has 0 fully saturated rings. The van der Waals surface area contributed by atoms with E-state index in [-0.39, 0.29) is 12.0 Å². The number of likely N-dealkylation sites (N-methyl/N-ethyl adjacent to an activating group) is 1. The van der Waals surface area contributed by atoms with E-state index in [1.54, 1.807) is 0 Å². The van der Waals surface area contributed by atoms with E-state index in [2.05, 4.69) is 48.3 Å². The first-order valence-electron chi connectivity index (χ1n) is 11.3. The number of H-pyrrole nitrogens is 1. The van der Waals surface area contributed by atoms with Crippen LogP contribution in [0.2, 0.25) is 5.02 Å². The number of nitrogens with zero attached hydrogens (tertiary/aromatic N) is 4. The van der Waals surface area contributed by atoms with Crippen LogP contribution in [0.3, 0.4) is 0 Å². The van der Waals surface area contributed by atoms with Crippen molar-refractivity contribution in [3.05, 3.63) is 70.7 Å². The fourth-order valence-corrected chi connectivity index (χ4v) is 5.29. The van der Waals surface area contributed by atoms with Crippen LogP contribution in [0.5, 0.6) is 0 Å². The molecule has 0 spiro atoms. The first kappa shape index (κ1) is 21.5. The van der Waals surface area contributed by atoms with Crippen LogP contribution in [0.15, 0.2) is 42.6 Å². The second kappa shape index (κ2) is 8.30. The minimum absolute atomic E-state index is 0.0647. The molecule has 1 aromatic carbocycles. The lowest BCUT2D eigenvalue weighted by Gasteiger charge is -2.33. The van der Waals surface area contributed by atoms with Gasteiger partial charge in [0.2, 0.25) is 5.95 Å². The van der Waals surface area contributed by atoms with Gasteiger partial charge >= 0.3 is 0 Å². The van der Waals surface area contributed by atoms with Gasteiger partial charge in [0.25, 0.3) is 0 Å². The molecule has 4 aromatic rings. The molecular formula is C25H23ClF2N6. The Hall–Kier alpha value is -3.07. The van der Waals surface area contributed by atoms with E-state index < -0.39 is 5.95 Å². The monoisotopic (exact) mass is 480 g/mol. The standard InChI is InChI=1S/C25H23ClF2N6/c1-33-12-15(23-22-19(27)7-6-18(26)24(22)32-31-23)4-9-21(33)34-13-17(14-3-2-10-29-11-14)16-5-8-20(28)30-25(16)34/h3-8,13,21,29H,2,9-12H2,1H3,(H,31,32). The molecule has 2 N–H and O–H groups in total. The number of hydrogen-bond donors (Lipinski definition) is 2. The molecule has 1 atom stereocenters. The van der Waals surface area contributed by atoms with Crippen LogP contribution >= 0.6 is 11.6 Å². The van der Waals surface area contributed by atoms with Gasteiger partial charge < -0.3 is 9.88 Å². The van der Waals surface area contributed by atoms with E-state index in [1.165, 1.54) is 23.8 Å². The Labute approximate surface area is 199 Å². The molecule has 0 aliphatic carbocycles. The predicted octanol–water partition coefficient (Wildman–Crippen LogP) is 5.14. The van der Waals surface area contributed by atoms with E-state index in [1.807, 2.05) is 13.1 Å². The lowest BCUT2D eigenvalue weighted by Crippen LogP contribution is -2.33. The highest BCUT2D eigenvalue weighted by atomic mass is 35.5. The smallest absolute Gasteiger partial charge is 0.214 e. The second-order valence-electron chi connectivity index (χ2n) is 8.86. The molecule has 2 aliphatic rings. The van der Waals surface area contributed by atoms with Crippen molar-refractivity contribution < 1.29 is 8.78 Å². The normalized spacial score (nSPS) is 19.6. The second-order valence-corrected chi connectivity index (χ2v) is 9.27. The van der Waals surface area contributed by atoms with E-state index in [9.17, 15) is 8.78 Å². The summed E-state index contributed by atoms with van der Waals surface area (Å²) in [6, 6.07) is 6.11. The zero-order chi connectivity index (χ0) is 23.4. The number of aromatic nitrogens is 4. The van der Waals surface area contributed by atoms with Crippen LogP contribution in [0.1, 0.15) is 30.3 Å². The van der Waals surface area contributed by atoms with Crippen LogP contribution in [-0.2, 0) is 0 Å². The average molecular weight is 481 g/mol. The minimum atomic E-state index is -0.501. The third-order valence-electron chi connectivity index (χ3n) is 6.77. The van der Waals surface area contributed by atoms with Gasteiger partial charge in [0, 0.05) is 36.7 Å². The Morgan fingerprint density at radius 1 is 1.12 bits per heavy atom. The van der Waals surface area contributed by atoms with Crippen molar-refractivity contribution in [1.29, 1.82) is 0 Å². The highest BCUT2D eigenvalue weighted by Crippen LogP contribution is 2.37. The summed E-state index contributed by atoms with van der Waals surface area (Å²) < 4.78 is 30.8. The lowest BCUT2D eigenvalue weighted by atomic mass is 10.0. The number of fused-ring (bicyclic) bond motifs is 2. The molecule has 0 amide bonds. The summed E-state index contributed by atoms with van der Waals surface area (Å²) in [7, 11) is 2.00. The van der Waals surface area contributed by atoms with Crippen LogP contribution in [0, 0.1) is 11.8 Å². The summed E-state index contributed by atoms with van der Waals surface area (Å²) in [6.07, 6.45) is 7.94. The maximum atomic E-state index is 14.6. The van der Waals surface area contributed by atoms with Crippen molar-refractivity contribution in [2.75, 3.05) is 26.7 Å². The molecule has 34 heavy (non-hydrogen) atoms. The zero-order valence-electron chi connectivity index (χ0n) is 18.6. The molecule has 3 aromatic heterocycles. The van der Waals surface area contributed by atoms with E-state index in [4.69, 9.17) is 11.6 Å². The van der Waals surface area contributed by atoms with Gasteiger partial charge in [-0.1, -0.05) is 23.8 Å². The van der Waals surface area contributed by atoms with Gasteiger partial charge in [0.1, 0.15) is 11.5 Å². The topological polar surface area (TPSA) is 61.8 Å². The highest BCUT2D eigenvalue weighted by Gasteiger charge is 2.28. The van der Waals surface area contributed by atoms with E-state index in [0.29, 0.717) is 40.2 Å².